The maximum absolute atomic E-state index is 8.82. The lowest BCUT2D eigenvalue weighted by Gasteiger charge is -2.21. The third-order valence-corrected chi connectivity index (χ3v) is 3.82. The highest BCUT2D eigenvalue weighted by molar-refractivity contribution is 5.80. The van der Waals surface area contributed by atoms with E-state index in [2.05, 4.69) is 23.2 Å². The van der Waals surface area contributed by atoms with Crippen LogP contribution in [0, 0.1) is 17.2 Å². The number of ether oxygens (including phenoxy) is 1. The van der Waals surface area contributed by atoms with Crippen molar-refractivity contribution in [2.75, 3.05) is 33.4 Å². The van der Waals surface area contributed by atoms with E-state index in [4.69, 9.17) is 15.0 Å². The molecule has 0 aromatic heterocycles. The van der Waals surface area contributed by atoms with E-state index in [1.54, 1.807) is 7.11 Å². The molecule has 5 nitrogen and oxygen atoms in total. The Labute approximate surface area is 132 Å². The summed E-state index contributed by atoms with van der Waals surface area (Å²) in [5.41, 5.74) is 1.80. The normalized spacial score (nSPS) is 18.3. The van der Waals surface area contributed by atoms with Gasteiger partial charge in [0.05, 0.1) is 24.8 Å². The molecule has 1 N–H and O–H groups in total. The summed E-state index contributed by atoms with van der Waals surface area (Å²) in [4.78, 5) is 7.03. The smallest absolute Gasteiger partial charge is 0.194 e. The highest BCUT2D eigenvalue weighted by Gasteiger charge is 2.24. The highest BCUT2D eigenvalue weighted by Crippen LogP contribution is 2.16. The summed E-state index contributed by atoms with van der Waals surface area (Å²) in [5, 5.41) is 12.2. The van der Waals surface area contributed by atoms with Gasteiger partial charge >= 0.3 is 0 Å². The first-order chi connectivity index (χ1) is 10.8. The van der Waals surface area contributed by atoms with Gasteiger partial charge in [0, 0.05) is 32.7 Å². The molecule has 1 aromatic carbocycles. The fourth-order valence-corrected chi connectivity index (χ4v) is 2.67. The quantitative estimate of drug-likeness (QED) is 0.667. The molecule has 0 spiro atoms. The molecule has 0 saturated carbocycles. The number of aliphatic imine (C=N–C) groups is 1. The molecule has 1 aliphatic heterocycles. The number of rotatable bonds is 5. The fourth-order valence-electron chi connectivity index (χ4n) is 2.67. The second-order valence-electron chi connectivity index (χ2n) is 5.53. The monoisotopic (exact) mass is 300 g/mol. The van der Waals surface area contributed by atoms with Crippen LogP contribution in [0.15, 0.2) is 29.3 Å². The number of hydrogen-bond donors (Lipinski definition) is 1. The second kappa shape index (κ2) is 8.40. The van der Waals surface area contributed by atoms with Crippen LogP contribution in [0.5, 0.6) is 0 Å². The van der Waals surface area contributed by atoms with Gasteiger partial charge in [-0.3, -0.25) is 0 Å². The summed E-state index contributed by atoms with van der Waals surface area (Å²) < 4.78 is 5.25. The van der Waals surface area contributed by atoms with Crippen LogP contribution in [0.1, 0.15) is 24.5 Å². The molecule has 1 heterocycles. The average molecular weight is 300 g/mol. The number of benzene rings is 1. The molecule has 1 aliphatic rings. The number of methoxy groups -OCH3 is 1. The summed E-state index contributed by atoms with van der Waals surface area (Å²) in [7, 11) is 1.76. The van der Waals surface area contributed by atoms with Crippen LogP contribution >= 0.6 is 0 Å². The van der Waals surface area contributed by atoms with Crippen molar-refractivity contribution in [3.63, 3.8) is 0 Å². The molecule has 1 fully saturated rings. The van der Waals surface area contributed by atoms with Crippen molar-refractivity contribution in [2.45, 2.75) is 19.9 Å². The zero-order valence-electron chi connectivity index (χ0n) is 13.4. The van der Waals surface area contributed by atoms with Crippen LogP contribution in [-0.4, -0.2) is 44.2 Å². The van der Waals surface area contributed by atoms with E-state index in [0.717, 1.165) is 44.2 Å². The maximum Gasteiger partial charge on any atom is 0.194 e. The number of nitrogens with one attached hydrogen (secondary N) is 1. The number of nitrogens with zero attached hydrogens (tertiary/aromatic N) is 3. The minimum absolute atomic E-state index is 0.587. The first-order valence-corrected chi connectivity index (χ1v) is 7.78. The van der Waals surface area contributed by atoms with E-state index in [1.165, 1.54) is 0 Å². The Hall–Kier alpha value is -2.06. The summed E-state index contributed by atoms with van der Waals surface area (Å²) in [6, 6.07) is 9.73. The second-order valence-corrected chi connectivity index (χ2v) is 5.53. The van der Waals surface area contributed by atoms with Gasteiger partial charge in [-0.25, -0.2) is 4.99 Å². The number of hydrogen-bond acceptors (Lipinski definition) is 3. The molecular weight excluding hydrogens is 276 g/mol. The summed E-state index contributed by atoms with van der Waals surface area (Å²) in [6.45, 7) is 6.39. The minimum Gasteiger partial charge on any atom is -0.384 e. The Balaban J connectivity index is 1.99. The maximum atomic E-state index is 8.82. The molecule has 22 heavy (non-hydrogen) atoms. The van der Waals surface area contributed by atoms with Crippen LogP contribution in [0.3, 0.4) is 0 Å². The summed E-state index contributed by atoms with van der Waals surface area (Å²) >= 11 is 0. The molecule has 118 valence electrons. The molecule has 2 rings (SSSR count). The topological polar surface area (TPSA) is 60.7 Å². The molecule has 1 aromatic rings. The third-order valence-electron chi connectivity index (χ3n) is 3.82. The van der Waals surface area contributed by atoms with E-state index < -0.39 is 0 Å². The minimum atomic E-state index is 0.587. The van der Waals surface area contributed by atoms with Gasteiger partial charge in [-0.05, 0) is 31.0 Å². The lowest BCUT2D eigenvalue weighted by atomic mass is 10.1. The molecular formula is C17H24N4O. The number of guanidine groups is 1. The standard InChI is InChI=1S/C17H24N4O/c1-3-19-17(21-9-8-16(12-21)13-22-2)20-11-15-6-4-14(10-18)5-7-15/h4-7,16H,3,8-9,11-13H2,1-2H3,(H,19,20). The molecule has 5 heteroatoms. The Kier molecular flexibility index (Phi) is 6.23. The Morgan fingerprint density at radius 2 is 2.23 bits per heavy atom. The van der Waals surface area contributed by atoms with E-state index in [0.29, 0.717) is 18.0 Å². The van der Waals surface area contributed by atoms with Gasteiger partial charge in [-0.2, -0.15) is 5.26 Å². The van der Waals surface area contributed by atoms with Crippen molar-refractivity contribution in [1.29, 1.82) is 5.26 Å². The lowest BCUT2D eigenvalue weighted by molar-refractivity contribution is 0.157. The van der Waals surface area contributed by atoms with E-state index in [1.807, 2.05) is 24.3 Å². The predicted octanol–water partition coefficient (Wildman–Crippen LogP) is 1.99. The summed E-state index contributed by atoms with van der Waals surface area (Å²) in [5.74, 6) is 1.55. The van der Waals surface area contributed by atoms with Gasteiger partial charge in [-0.15, -0.1) is 0 Å². The largest absolute Gasteiger partial charge is 0.384 e. The molecule has 1 saturated heterocycles. The lowest BCUT2D eigenvalue weighted by Crippen LogP contribution is -2.40. The van der Waals surface area contributed by atoms with Crippen molar-refractivity contribution in [1.82, 2.24) is 10.2 Å². The molecule has 0 aliphatic carbocycles. The van der Waals surface area contributed by atoms with Gasteiger partial charge in [0.2, 0.25) is 0 Å². The van der Waals surface area contributed by atoms with Crippen molar-refractivity contribution in [3.05, 3.63) is 35.4 Å². The van der Waals surface area contributed by atoms with Gasteiger partial charge in [0.25, 0.3) is 0 Å². The van der Waals surface area contributed by atoms with Gasteiger partial charge in [0.1, 0.15) is 0 Å². The number of nitriles is 1. The zero-order chi connectivity index (χ0) is 15.8. The third kappa shape index (κ3) is 4.47. The van der Waals surface area contributed by atoms with Gasteiger partial charge < -0.3 is 15.0 Å². The molecule has 0 amide bonds. The first-order valence-electron chi connectivity index (χ1n) is 7.78. The Bertz CT molecular complexity index is 533. The van der Waals surface area contributed by atoms with Crippen LogP contribution in [0.25, 0.3) is 0 Å². The molecule has 1 unspecified atom stereocenters. The van der Waals surface area contributed by atoms with E-state index in [-0.39, 0.29) is 0 Å². The molecule has 1 atom stereocenters. The van der Waals surface area contributed by atoms with Crippen LogP contribution < -0.4 is 5.32 Å². The van der Waals surface area contributed by atoms with Crippen molar-refractivity contribution < 1.29 is 4.74 Å². The average Bonchev–Trinajstić information content (AvgIpc) is 3.01. The molecule has 0 bridgehead atoms. The van der Waals surface area contributed by atoms with E-state index >= 15 is 0 Å². The Morgan fingerprint density at radius 3 is 2.86 bits per heavy atom. The number of likely N-dealkylation sites (tertiary alicyclic amines) is 1. The van der Waals surface area contributed by atoms with Crippen molar-refractivity contribution in [2.24, 2.45) is 10.9 Å². The van der Waals surface area contributed by atoms with E-state index in [9.17, 15) is 0 Å². The van der Waals surface area contributed by atoms with Crippen molar-refractivity contribution in [3.8, 4) is 6.07 Å². The summed E-state index contributed by atoms with van der Waals surface area (Å²) in [6.07, 6.45) is 1.15. The van der Waals surface area contributed by atoms with Crippen LogP contribution in [0.4, 0.5) is 0 Å². The molecule has 0 radical (unpaired) electrons. The highest BCUT2D eigenvalue weighted by atomic mass is 16.5. The van der Waals surface area contributed by atoms with Gasteiger partial charge in [-0.1, -0.05) is 12.1 Å². The SMILES string of the molecule is CCNC(=NCc1ccc(C#N)cc1)N1CCC(COC)C1. The Morgan fingerprint density at radius 1 is 1.45 bits per heavy atom. The zero-order valence-corrected chi connectivity index (χ0v) is 13.4. The fraction of sp³-hybridized carbons (Fsp3) is 0.529. The van der Waals surface area contributed by atoms with Gasteiger partial charge in [0.15, 0.2) is 5.96 Å². The first kappa shape index (κ1) is 16.3. The predicted molar refractivity (Wildman–Crippen MR) is 87.5 cm³/mol. The van der Waals surface area contributed by atoms with Crippen molar-refractivity contribution >= 4 is 5.96 Å². The van der Waals surface area contributed by atoms with Crippen LogP contribution in [0.2, 0.25) is 0 Å². The van der Waals surface area contributed by atoms with Crippen LogP contribution in [-0.2, 0) is 11.3 Å².